The van der Waals surface area contributed by atoms with Gasteiger partial charge in [-0.3, -0.25) is 0 Å². The second-order valence-corrected chi connectivity index (χ2v) is 4.98. The fourth-order valence-corrected chi connectivity index (χ4v) is 2.17. The molecule has 1 aliphatic rings. The first-order valence-electron chi connectivity index (χ1n) is 6.27. The molecule has 2 aromatic rings. The van der Waals surface area contributed by atoms with Crippen LogP contribution in [-0.2, 0) is 0 Å². The van der Waals surface area contributed by atoms with Crippen molar-refractivity contribution >= 4 is 23.9 Å². The summed E-state index contributed by atoms with van der Waals surface area (Å²) in [6, 6.07) is 12.7. The summed E-state index contributed by atoms with van der Waals surface area (Å²) in [6.45, 7) is 2.08. The second-order valence-electron chi connectivity index (χ2n) is 4.98. The van der Waals surface area contributed by atoms with Crippen molar-refractivity contribution in [1.29, 1.82) is 0 Å². The van der Waals surface area contributed by atoms with Crippen molar-refractivity contribution in [3.63, 3.8) is 0 Å². The molecule has 2 atom stereocenters. The number of benzene rings is 1. The summed E-state index contributed by atoms with van der Waals surface area (Å²) >= 11 is 0. The lowest BCUT2D eigenvalue weighted by atomic mass is 10.2. The van der Waals surface area contributed by atoms with E-state index in [1.807, 2.05) is 24.4 Å². The van der Waals surface area contributed by atoms with Gasteiger partial charge in [0.25, 0.3) is 0 Å². The summed E-state index contributed by atoms with van der Waals surface area (Å²) in [5.41, 5.74) is 9.39. The Morgan fingerprint density at radius 1 is 1.26 bits per heavy atom. The summed E-state index contributed by atoms with van der Waals surface area (Å²) in [5, 5.41) is 3.30. The lowest BCUT2D eigenvalue weighted by molar-refractivity contribution is 0.981. The zero-order chi connectivity index (χ0) is 12.5. The van der Waals surface area contributed by atoms with Gasteiger partial charge < -0.3 is 11.1 Å². The number of rotatable bonds is 3. The molecule has 3 rings (SSSR count). The van der Waals surface area contributed by atoms with Crippen molar-refractivity contribution in [2.24, 2.45) is 5.73 Å². The van der Waals surface area contributed by atoms with Crippen LogP contribution >= 0.6 is 12.4 Å². The van der Waals surface area contributed by atoms with Crippen LogP contribution in [0.1, 0.15) is 23.5 Å². The summed E-state index contributed by atoms with van der Waals surface area (Å²) in [5.74, 6) is 1.39. The number of aromatic nitrogens is 1. The molecule has 4 heteroatoms. The molecule has 2 unspecified atom stereocenters. The highest BCUT2D eigenvalue weighted by Gasteiger charge is 2.34. The average molecular weight is 276 g/mol. The minimum absolute atomic E-state index is 0. The third-order valence-corrected chi connectivity index (χ3v) is 3.34. The molecular weight excluding hydrogens is 258 g/mol. The third kappa shape index (κ3) is 3.25. The van der Waals surface area contributed by atoms with Gasteiger partial charge in [-0.1, -0.05) is 18.2 Å². The largest absolute Gasteiger partial charge is 0.340 e. The van der Waals surface area contributed by atoms with Gasteiger partial charge in [-0.15, -0.1) is 12.4 Å². The second kappa shape index (κ2) is 5.59. The van der Waals surface area contributed by atoms with Crippen LogP contribution in [0.3, 0.4) is 0 Å². The van der Waals surface area contributed by atoms with E-state index in [4.69, 9.17) is 5.73 Å². The van der Waals surface area contributed by atoms with Crippen molar-refractivity contribution in [2.75, 3.05) is 5.32 Å². The van der Waals surface area contributed by atoms with Crippen molar-refractivity contribution < 1.29 is 0 Å². The van der Waals surface area contributed by atoms with Gasteiger partial charge in [0.1, 0.15) is 5.82 Å². The summed E-state index contributed by atoms with van der Waals surface area (Å²) < 4.78 is 0. The van der Waals surface area contributed by atoms with E-state index >= 15 is 0 Å². The first-order chi connectivity index (χ1) is 8.72. The molecule has 3 nitrogen and oxygen atoms in total. The Balaban J connectivity index is 0.00000133. The zero-order valence-electron chi connectivity index (χ0n) is 10.8. The summed E-state index contributed by atoms with van der Waals surface area (Å²) in [4.78, 5) is 4.43. The van der Waals surface area contributed by atoms with Crippen LogP contribution in [0.2, 0.25) is 0 Å². The molecule has 0 spiro atoms. The van der Waals surface area contributed by atoms with E-state index in [1.54, 1.807) is 0 Å². The molecule has 0 radical (unpaired) electrons. The number of nitrogens with two attached hydrogens (primary N) is 1. The van der Waals surface area contributed by atoms with E-state index in [0.29, 0.717) is 12.0 Å². The van der Waals surface area contributed by atoms with Crippen molar-refractivity contribution in [3.8, 4) is 0 Å². The van der Waals surface area contributed by atoms with Crippen molar-refractivity contribution in [3.05, 3.63) is 53.7 Å². The molecule has 3 N–H and O–H groups in total. The number of anilines is 2. The molecule has 1 aromatic heterocycles. The van der Waals surface area contributed by atoms with Crippen LogP contribution in [0, 0.1) is 6.92 Å². The molecule has 19 heavy (non-hydrogen) atoms. The quantitative estimate of drug-likeness (QED) is 0.903. The predicted octanol–water partition coefficient (Wildman–Crippen LogP) is 3.37. The number of nitrogens with one attached hydrogen (secondary N) is 1. The minimum atomic E-state index is 0. The van der Waals surface area contributed by atoms with Gasteiger partial charge in [-0.25, -0.2) is 4.98 Å². The highest BCUT2D eigenvalue weighted by molar-refractivity contribution is 5.85. The first kappa shape index (κ1) is 13.8. The SMILES string of the molecule is Cc1cccc(Nc2ccc(C3CC3N)cn2)c1.Cl. The lowest BCUT2D eigenvalue weighted by Crippen LogP contribution is -2.01. The van der Waals surface area contributed by atoms with Gasteiger partial charge in [0.15, 0.2) is 0 Å². The van der Waals surface area contributed by atoms with E-state index < -0.39 is 0 Å². The van der Waals surface area contributed by atoms with Gasteiger partial charge in [-0.05, 0) is 42.7 Å². The number of hydrogen-bond donors (Lipinski definition) is 2. The molecule has 1 aromatic carbocycles. The third-order valence-electron chi connectivity index (χ3n) is 3.34. The molecule has 0 amide bonds. The van der Waals surface area contributed by atoms with Crippen LogP contribution in [0.25, 0.3) is 0 Å². The monoisotopic (exact) mass is 275 g/mol. The maximum atomic E-state index is 5.83. The Hall–Kier alpha value is -1.58. The van der Waals surface area contributed by atoms with Crippen LogP contribution in [0.5, 0.6) is 0 Å². The Labute approximate surface area is 119 Å². The molecule has 1 aliphatic carbocycles. The van der Waals surface area contributed by atoms with E-state index in [1.165, 1.54) is 11.1 Å². The Bertz CT molecular complexity index is 554. The van der Waals surface area contributed by atoms with Gasteiger partial charge >= 0.3 is 0 Å². The summed E-state index contributed by atoms with van der Waals surface area (Å²) in [7, 11) is 0. The van der Waals surface area contributed by atoms with E-state index in [-0.39, 0.29) is 12.4 Å². The molecule has 100 valence electrons. The molecule has 0 bridgehead atoms. The maximum Gasteiger partial charge on any atom is 0.130 e. The smallest absolute Gasteiger partial charge is 0.130 e. The Morgan fingerprint density at radius 3 is 2.63 bits per heavy atom. The summed E-state index contributed by atoms with van der Waals surface area (Å²) in [6.07, 6.45) is 3.02. The maximum absolute atomic E-state index is 5.83. The molecule has 0 aliphatic heterocycles. The minimum Gasteiger partial charge on any atom is -0.340 e. The normalized spacial score (nSPS) is 20.5. The number of hydrogen-bond acceptors (Lipinski definition) is 3. The average Bonchev–Trinajstić information content (AvgIpc) is 3.07. The molecule has 1 fully saturated rings. The molecule has 0 saturated heterocycles. The van der Waals surface area contributed by atoms with Crippen LogP contribution in [0.15, 0.2) is 42.6 Å². The zero-order valence-corrected chi connectivity index (χ0v) is 11.7. The van der Waals surface area contributed by atoms with Crippen molar-refractivity contribution in [2.45, 2.75) is 25.3 Å². The standard InChI is InChI=1S/C15H17N3.ClH/c1-10-3-2-4-12(7-10)18-15-6-5-11(9-17-15)13-8-14(13)16;/h2-7,9,13-14H,8,16H2,1H3,(H,17,18);1H. The van der Waals surface area contributed by atoms with E-state index in [0.717, 1.165) is 17.9 Å². The highest BCUT2D eigenvalue weighted by atomic mass is 35.5. The van der Waals surface area contributed by atoms with E-state index in [2.05, 4.69) is 35.4 Å². The Kier molecular flexibility index (Phi) is 4.08. The highest BCUT2D eigenvalue weighted by Crippen LogP contribution is 2.38. The number of pyridine rings is 1. The number of nitrogens with zero attached hydrogens (tertiary/aromatic N) is 1. The first-order valence-corrected chi connectivity index (χ1v) is 6.27. The fourth-order valence-electron chi connectivity index (χ4n) is 2.17. The lowest BCUT2D eigenvalue weighted by Gasteiger charge is -2.07. The topological polar surface area (TPSA) is 50.9 Å². The van der Waals surface area contributed by atoms with Gasteiger partial charge in [0.05, 0.1) is 0 Å². The Morgan fingerprint density at radius 2 is 2.05 bits per heavy atom. The number of aryl methyl sites for hydroxylation is 1. The molecule has 1 heterocycles. The van der Waals surface area contributed by atoms with Crippen molar-refractivity contribution in [1.82, 2.24) is 4.98 Å². The predicted molar refractivity (Wildman–Crippen MR) is 81.3 cm³/mol. The van der Waals surface area contributed by atoms with Crippen LogP contribution in [0.4, 0.5) is 11.5 Å². The van der Waals surface area contributed by atoms with Gasteiger partial charge in [0, 0.05) is 23.8 Å². The van der Waals surface area contributed by atoms with Gasteiger partial charge in [-0.2, -0.15) is 0 Å². The molecular formula is C15H18ClN3. The molecule has 1 saturated carbocycles. The van der Waals surface area contributed by atoms with Crippen LogP contribution < -0.4 is 11.1 Å². The number of halogens is 1. The van der Waals surface area contributed by atoms with Crippen LogP contribution in [-0.4, -0.2) is 11.0 Å². The fraction of sp³-hybridized carbons (Fsp3) is 0.267. The van der Waals surface area contributed by atoms with Gasteiger partial charge in [0.2, 0.25) is 0 Å². The van der Waals surface area contributed by atoms with E-state index in [9.17, 15) is 0 Å².